The van der Waals surface area contributed by atoms with Crippen LogP contribution in [-0.2, 0) is 17.1 Å². The summed E-state index contributed by atoms with van der Waals surface area (Å²) < 4.78 is 33.4. The number of halogens is 2. The molecule has 0 aliphatic rings. The fourth-order valence-corrected chi connectivity index (χ4v) is 3.00. The number of hydrogen-bond acceptors (Lipinski definition) is 5. The molecule has 5 nitrogen and oxygen atoms in total. The maximum Gasteiger partial charge on any atom is 0.387 e. The summed E-state index contributed by atoms with van der Waals surface area (Å²) >= 11 is 1.48. The van der Waals surface area contributed by atoms with Crippen LogP contribution in [0.4, 0.5) is 8.78 Å². The van der Waals surface area contributed by atoms with Crippen molar-refractivity contribution in [2.24, 2.45) is 0 Å². The third-order valence-corrected chi connectivity index (χ3v) is 4.26. The number of aromatic nitrogens is 1. The molecule has 1 aromatic carbocycles. The van der Waals surface area contributed by atoms with Gasteiger partial charge in [0.05, 0.1) is 11.4 Å². The molecule has 0 fully saturated rings. The van der Waals surface area contributed by atoms with E-state index in [0.29, 0.717) is 18.1 Å². The van der Waals surface area contributed by atoms with Crippen LogP contribution in [0, 0.1) is 13.8 Å². The standard InChI is InChI=1S/C16H18F2N2O3S/c1-10-14(11(2)23-20-10)8-24-9-15(21)19-7-12-3-5-13(6-4-12)22-16(17)18/h3-6,16H,7-9H2,1-2H3,(H,19,21). The SMILES string of the molecule is Cc1noc(C)c1CSCC(=O)NCc1ccc(OC(F)F)cc1. The fraction of sp³-hybridized carbons (Fsp3) is 0.375. The number of carbonyl (C=O) groups excluding carboxylic acids is 1. The number of hydrogen-bond donors (Lipinski definition) is 1. The van der Waals surface area contributed by atoms with Gasteiger partial charge in [-0.2, -0.15) is 8.78 Å². The highest BCUT2D eigenvalue weighted by atomic mass is 32.2. The van der Waals surface area contributed by atoms with Gasteiger partial charge in [-0.25, -0.2) is 0 Å². The number of ether oxygens (including phenoxy) is 1. The molecule has 1 amide bonds. The molecule has 0 saturated carbocycles. The van der Waals surface area contributed by atoms with Crippen molar-refractivity contribution < 1.29 is 22.8 Å². The summed E-state index contributed by atoms with van der Waals surface area (Å²) in [5.74, 6) is 1.74. The first-order valence-electron chi connectivity index (χ1n) is 7.25. The minimum Gasteiger partial charge on any atom is -0.435 e. The van der Waals surface area contributed by atoms with E-state index >= 15 is 0 Å². The average molecular weight is 356 g/mol. The highest BCUT2D eigenvalue weighted by Crippen LogP contribution is 2.19. The van der Waals surface area contributed by atoms with Crippen molar-refractivity contribution in [1.29, 1.82) is 0 Å². The Morgan fingerprint density at radius 2 is 2.04 bits per heavy atom. The molecule has 0 aliphatic carbocycles. The summed E-state index contributed by atoms with van der Waals surface area (Å²) in [4.78, 5) is 11.8. The number of benzene rings is 1. The van der Waals surface area contributed by atoms with Crippen LogP contribution in [0.3, 0.4) is 0 Å². The van der Waals surface area contributed by atoms with E-state index in [1.54, 1.807) is 12.1 Å². The van der Waals surface area contributed by atoms with E-state index < -0.39 is 6.61 Å². The van der Waals surface area contributed by atoms with Crippen LogP contribution in [0.1, 0.15) is 22.6 Å². The molecule has 0 radical (unpaired) electrons. The van der Waals surface area contributed by atoms with E-state index in [9.17, 15) is 13.6 Å². The van der Waals surface area contributed by atoms with Crippen molar-refractivity contribution in [1.82, 2.24) is 10.5 Å². The molecular weight excluding hydrogens is 338 g/mol. The molecule has 2 aromatic rings. The lowest BCUT2D eigenvalue weighted by atomic mass is 10.2. The molecule has 0 spiro atoms. The van der Waals surface area contributed by atoms with Gasteiger partial charge < -0.3 is 14.6 Å². The van der Waals surface area contributed by atoms with Gasteiger partial charge in [-0.15, -0.1) is 11.8 Å². The summed E-state index contributed by atoms with van der Waals surface area (Å²) in [6.07, 6.45) is 0. The second kappa shape index (κ2) is 8.68. The lowest BCUT2D eigenvalue weighted by molar-refractivity contribution is -0.118. The van der Waals surface area contributed by atoms with Gasteiger partial charge in [0.2, 0.25) is 5.91 Å². The van der Waals surface area contributed by atoms with Crippen molar-refractivity contribution in [2.75, 3.05) is 5.75 Å². The molecule has 8 heteroatoms. The highest BCUT2D eigenvalue weighted by Gasteiger charge is 2.10. The van der Waals surface area contributed by atoms with Crippen molar-refractivity contribution >= 4 is 17.7 Å². The molecule has 1 N–H and O–H groups in total. The number of nitrogens with one attached hydrogen (secondary N) is 1. The molecule has 1 aromatic heterocycles. The molecule has 0 bridgehead atoms. The Kier molecular flexibility index (Phi) is 6.60. The smallest absolute Gasteiger partial charge is 0.387 e. The molecule has 0 aliphatic heterocycles. The molecule has 1 heterocycles. The predicted molar refractivity (Wildman–Crippen MR) is 87.1 cm³/mol. The third-order valence-electron chi connectivity index (χ3n) is 3.30. The number of carbonyl (C=O) groups is 1. The van der Waals surface area contributed by atoms with Gasteiger partial charge in [0, 0.05) is 17.9 Å². The molecule has 0 saturated heterocycles. The Morgan fingerprint density at radius 3 is 2.62 bits per heavy atom. The van der Waals surface area contributed by atoms with Gasteiger partial charge in [-0.05, 0) is 31.5 Å². The van der Waals surface area contributed by atoms with Gasteiger partial charge in [-0.1, -0.05) is 17.3 Å². The molecule has 130 valence electrons. The van der Waals surface area contributed by atoms with Gasteiger partial charge in [0.15, 0.2) is 0 Å². The first kappa shape index (κ1) is 18.3. The second-order valence-corrected chi connectivity index (χ2v) is 6.08. The van der Waals surface area contributed by atoms with Crippen LogP contribution in [0.15, 0.2) is 28.8 Å². The normalized spacial score (nSPS) is 10.9. The number of rotatable bonds is 8. The molecule has 0 atom stereocenters. The van der Waals surface area contributed by atoms with Gasteiger partial charge in [0.1, 0.15) is 11.5 Å². The third kappa shape index (κ3) is 5.52. The van der Waals surface area contributed by atoms with Crippen molar-refractivity contribution in [3.8, 4) is 5.75 Å². The van der Waals surface area contributed by atoms with E-state index in [0.717, 1.165) is 22.6 Å². The van der Waals surface area contributed by atoms with E-state index in [1.165, 1.54) is 23.9 Å². The maximum atomic E-state index is 12.1. The van der Waals surface area contributed by atoms with Crippen LogP contribution in [0.2, 0.25) is 0 Å². The number of amides is 1. The summed E-state index contributed by atoms with van der Waals surface area (Å²) in [6, 6.07) is 6.16. The number of nitrogens with zero attached hydrogens (tertiary/aromatic N) is 1. The first-order valence-corrected chi connectivity index (χ1v) is 8.41. The Morgan fingerprint density at radius 1 is 1.33 bits per heavy atom. The molecule has 24 heavy (non-hydrogen) atoms. The van der Waals surface area contributed by atoms with Crippen molar-refractivity contribution in [2.45, 2.75) is 32.8 Å². The van der Waals surface area contributed by atoms with E-state index in [-0.39, 0.29) is 11.7 Å². The average Bonchev–Trinajstić information content (AvgIpc) is 2.85. The van der Waals surface area contributed by atoms with E-state index in [4.69, 9.17) is 4.52 Å². The summed E-state index contributed by atoms with van der Waals surface area (Å²) in [6.45, 7) is 1.20. The minimum absolute atomic E-state index is 0.0927. The Hall–Kier alpha value is -2.09. The van der Waals surface area contributed by atoms with Crippen LogP contribution in [0.25, 0.3) is 0 Å². The number of thioether (sulfide) groups is 1. The number of aryl methyl sites for hydroxylation is 2. The minimum atomic E-state index is -2.84. The van der Waals surface area contributed by atoms with Crippen LogP contribution >= 0.6 is 11.8 Å². The lowest BCUT2D eigenvalue weighted by Crippen LogP contribution is -2.24. The fourth-order valence-electron chi connectivity index (χ4n) is 1.99. The summed E-state index contributed by atoms with van der Waals surface area (Å²) in [5, 5.41) is 6.65. The van der Waals surface area contributed by atoms with Gasteiger partial charge in [0.25, 0.3) is 0 Å². The Balaban J connectivity index is 1.71. The molecule has 2 rings (SSSR count). The molecular formula is C16H18F2N2O3S. The quantitative estimate of drug-likeness (QED) is 0.785. The summed E-state index contributed by atoms with van der Waals surface area (Å²) in [7, 11) is 0. The zero-order valence-electron chi connectivity index (χ0n) is 13.3. The van der Waals surface area contributed by atoms with Crippen LogP contribution < -0.4 is 10.1 Å². The topological polar surface area (TPSA) is 64.4 Å². The van der Waals surface area contributed by atoms with E-state index in [1.807, 2.05) is 13.8 Å². The Labute approximate surface area is 142 Å². The monoisotopic (exact) mass is 356 g/mol. The van der Waals surface area contributed by atoms with Crippen molar-refractivity contribution in [3.05, 3.63) is 46.8 Å². The molecule has 0 unspecified atom stereocenters. The van der Waals surface area contributed by atoms with Crippen LogP contribution in [-0.4, -0.2) is 23.4 Å². The van der Waals surface area contributed by atoms with Crippen LogP contribution in [0.5, 0.6) is 5.75 Å². The van der Waals surface area contributed by atoms with E-state index in [2.05, 4.69) is 15.2 Å². The maximum absolute atomic E-state index is 12.1. The zero-order chi connectivity index (χ0) is 17.5. The first-order chi connectivity index (χ1) is 11.5. The van der Waals surface area contributed by atoms with Gasteiger partial charge >= 0.3 is 6.61 Å². The number of alkyl halides is 2. The predicted octanol–water partition coefficient (Wildman–Crippen LogP) is 3.44. The largest absolute Gasteiger partial charge is 0.435 e. The Bertz CT molecular complexity index is 655. The van der Waals surface area contributed by atoms with Gasteiger partial charge in [-0.3, -0.25) is 4.79 Å². The lowest BCUT2D eigenvalue weighted by Gasteiger charge is -2.07. The zero-order valence-corrected chi connectivity index (χ0v) is 14.2. The highest BCUT2D eigenvalue weighted by molar-refractivity contribution is 7.99. The second-order valence-electron chi connectivity index (χ2n) is 5.09. The van der Waals surface area contributed by atoms with Crippen molar-refractivity contribution in [3.63, 3.8) is 0 Å². The summed E-state index contributed by atoms with van der Waals surface area (Å²) in [5.41, 5.74) is 2.66.